The fraction of sp³-hybridized carbons (Fsp3) is 1.00. The van der Waals surface area contributed by atoms with Crippen molar-refractivity contribution in [3.63, 3.8) is 0 Å². The Morgan fingerprint density at radius 2 is 2.07 bits per heavy atom. The van der Waals surface area contributed by atoms with Crippen LogP contribution in [0.5, 0.6) is 0 Å². The summed E-state index contributed by atoms with van der Waals surface area (Å²) in [5.41, 5.74) is 0.383. The Balaban J connectivity index is 2.56. The predicted octanol–water partition coefficient (Wildman–Crippen LogP) is 2.10. The van der Waals surface area contributed by atoms with E-state index in [1.165, 1.54) is 25.9 Å². The number of piperidine rings is 1. The van der Waals surface area contributed by atoms with E-state index in [1.807, 2.05) is 0 Å². The first-order valence-corrected chi connectivity index (χ1v) is 5.88. The largest absolute Gasteiger partial charge is 0.319 e. The van der Waals surface area contributed by atoms with E-state index in [4.69, 9.17) is 0 Å². The molecule has 1 unspecified atom stereocenters. The molecular formula is C12H26N2. The van der Waals surface area contributed by atoms with Gasteiger partial charge >= 0.3 is 0 Å². The van der Waals surface area contributed by atoms with Crippen LogP contribution < -0.4 is 5.32 Å². The average Bonchev–Trinajstić information content (AvgIpc) is 2.01. The Bertz CT molecular complexity index is 175. The summed E-state index contributed by atoms with van der Waals surface area (Å²) in [4.78, 5) is 2.64. The molecule has 0 aliphatic carbocycles. The zero-order valence-corrected chi connectivity index (χ0v) is 10.4. The van der Waals surface area contributed by atoms with Crippen molar-refractivity contribution in [1.82, 2.24) is 10.2 Å². The zero-order chi connectivity index (χ0) is 10.8. The second-order valence-corrected chi connectivity index (χ2v) is 5.52. The molecule has 1 heterocycles. The maximum atomic E-state index is 3.30. The van der Waals surface area contributed by atoms with E-state index in [9.17, 15) is 0 Å². The van der Waals surface area contributed by atoms with Crippen LogP contribution in [0.4, 0.5) is 0 Å². The number of likely N-dealkylation sites (tertiary alicyclic amines) is 1. The zero-order valence-electron chi connectivity index (χ0n) is 10.4. The van der Waals surface area contributed by atoms with Crippen molar-refractivity contribution in [2.75, 3.05) is 20.1 Å². The van der Waals surface area contributed by atoms with Gasteiger partial charge in [0.2, 0.25) is 0 Å². The van der Waals surface area contributed by atoms with Crippen molar-refractivity contribution in [2.45, 2.75) is 52.1 Å². The molecule has 1 fully saturated rings. The van der Waals surface area contributed by atoms with E-state index < -0.39 is 0 Å². The minimum atomic E-state index is 0.383. The number of hydrogen-bond donors (Lipinski definition) is 1. The Labute approximate surface area is 89.1 Å². The number of hydrogen-bond acceptors (Lipinski definition) is 2. The monoisotopic (exact) mass is 198 g/mol. The lowest BCUT2D eigenvalue weighted by atomic mass is 9.82. The molecule has 1 saturated heterocycles. The van der Waals surface area contributed by atoms with Gasteiger partial charge in [0.1, 0.15) is 0 Å². The maximum Gasteiger partial charge on any atom is 0.0159 e. The lowest BCUT2D eigenvalue weighted by Crippen LogP contribution is -2.53. The second-order valence-electron chi connectivity index (χ2n) is 5.52. The van der Waals surface area contributed by atoms with Gasteiger partial charge in [-0.15, -0.1) is 0 Å². The van der Waals surface area contributed by atoms with Crippen LogP contribution in [-0.4, -0.2) is 36.6 Å². The van der Waals surface area contributed by atoms with E-state index >= 15 is 0 Å². The van der Waals surface area contributed by atoms with Crippen molar-refractivity contribution >= 4 is 0 Å². The highest BCUT2D eigenvalue weighted by Gasteiger charge is 2.35. The molecule has 84 valence electrons. The Morgan fingerprint density at radius 1 is 1.43 bits per heavy atom. The first-order valence-electron chi connectivity index (χ1n) is 5.88. The van der Waals surface area contributed by atoms with E-state index in [0.717, 1.165) is 5.92 Å². The molecule has 0 bridgehead atoms. The fourth-order valence-corrected chi connectivity index (χ4v) is 2.97. The first kappa shape index (κ1) is 12.0. The summed E-state index contributed by atoms with van der Waals surface area (Å²) >= 11 is 0. The van der Waals surface area contributed by atoms with Gasteiger partial charge in [-0.05, 0) is 66.6 Å². The summed E-state index contributed by atoms with van der Waals surface area (Å²) in [5, 5.41) is 3.30. The van der Waals surface area contributed by atoms with Crippen LogP contribution in [0, 0.1) is 5.92 Å². The molecule has 1 rings (SSSR count). The minimum Gasteiger partial charge on any atom is -0.319 e. The number of rotatable bonds is 3. The lowest BCUT2D eigenvalue weighted by molar-refractivity contribution is 0.0213. The molecule has 0 saturated carbocycles. The van der Waals surface area contributed by atoms with Gasteiger partial charge < -0.3 is 5.32 Å². The Morgan fingerprint density at radius 3 is 2.50 bits per heavy atom. The second kappa shape index (κ2) is 4.63. The first-order chi connectivity index (χ1) is 6.47. The highest BCUT2D eigenvalue weighted by Crippen LogP contribution is 2.32. The molecule has 14 heavy (non-hydrogen) atoms. The van der Waals surface area contributed by atoms with Gasteiger partial charge in [0.15, 0.2) is 0 Å². The topological polar surface area (TPSA) is 15.3 Å². The molecule has 2 heteroatoms. The third kappa shape index (κ3) is 2.71. The van der Waals surface area contributed by atoms with E-state index in [-0.39, 0.29) is 0 Å². The van der Waals surface area contributed by atoms with Crippen LogP contribution in [0.15, 0.2) is 0 Å². The average molecular weight is 198 g/mol. The van der Waals surface area contributed by atoms with Gasteiger partial charge in [0, 0.05) is 11.6 Å². The molecule has 1 aliphatic rings. The van der Waals surface area contributed by atoms with Gasteiger partial charge in [-0.1, -0.05) is 0 Å². The molecular weight excluding hydrogens is 172 g/mol. The molecule has 1 aliphatic heterocycles. The predicted molar refractivity (Wildman–Crippen MR) is 62.6 cm³/mol. The summed E-state index contributed by atoms with van der Waals surface area (Å²) in [6.07, 6.45) is 2.68. The Kier molecular flexibility index (Phi) is 3.96. The van der Waals surface area contributed by atoms with Gasteiger partial charge in [-0.2, -0.15) is 0 Å². The summed E-state index contributed by atoms with van der Waals surface area (Å²) in [5.74, 6) is 0.866. The molecule has 0 aromatic rings. The quantitative estimate of drug-likeness (QED) is 0.747. The molecule has 0 radical (unpaired) electrons. The number of nitrogens with one attached hydrogen (secondary N) is 1. The summed E-state index contributed by atoms with van der Waals surface area (Å²) in [6, 6.07) is 0.681. The van der Waals surface area contributed by atoms with Gasteiger partial charge in [-0.25, -0.2) is 0 Å². The third-order valence-corrected chi connectivity index (χ3v) is 3.46. The summed E-state index contributed by atoms with van der Waals surface area (Å²) in [7, 11) is 2.06. The number of nitrogens with zero attached hydrogens (tertiary/aromatic N) is 1. The summed E-state index contributed by atoms with van der Waals surface area (Å²) < 4.78 is 0. The highest BCUT2D eigenvalue weighted by molar-refractivity contribution is 4.91. The van der Waals surface area contributed by atoms with Crippen LogP contribution in [0.1, 0.15) is 40.5 Å². The SMILES string of the molecule is CNCC1CCN(C(C)C)C(C)(C)C1. The van der Waals surface area contributed by atoms with Crippen LogP contribution in [-0.2, 0) is 0 Å². The van der Waals surface area contributed by atoms with Crippen LogP contribution >= 0.6 is 0 Å². The van der Waals surface area contributed by atoms with E-state index in [2.05, 4.69) is 45.0 Å². The van der Waals surface area contributed by atoms with Gasteiger partial charge in [0.25, 0.3) is 0 Å². The van der Waals surface area contributed by atoms with Crippen molar-refractivity contribution in [2.24, 2.45) is 5.92 Å². The van der Waals surface area contributed by atoms with Crippen LogP contribution in [0.25, 0.3) is 0 Å². The van der Waals surface area contributed by atoms with E-state index in [0.29, 0.717) is 11.6 Å². The third-order valence-electron chi connectivity index (χ3n) is 3.46. The summed E-state index contributed by atoms with van der Waals surface area (Å²) in [6.45, 7) is 11.8. The fourth-order valence-electron chi connectivity index (χ4n) is 2.97. The normalized spacial score (nSPS) is 28.3. The molecule has 2 nitrogen and oxygen atoms in total. The van der Waals surface area contributed by atoms with Gasteiger partial charge in [-0.3, -0.25) is 4.90 Å². The molecule has 0 amide bonds. The maximum absolute atomic E-state index is 3.30. The molecule has 0 aromatic heterocycles. The van der Waals surface area contributed by atoms with Crippen LogP contribution in [0.2, 0.25) is 0 Å². The van der Waals surface area contributed by atoms with Crippen molar-refractivity contribution in [1.29, 1.82) is 0 Å². The highest BCUT2D eigenvalue weighted by atomic mass is 15.2. The van der Waals surface area contributed by atoms with Crippen LogP contribution in [0.3, 0.4) is 0 Å². The van der Waals surface area contributed by atoms with Crippen molar-refractivity contribution in [3.8, 4) is 0 Å². The molecule has 0 spiro atoms. The lowest BCUT2D eigenvalue weighted by Gasteiger charge is -2.48. The Hall–Kier alpha value is -0.0800. The van der Waals surface area contributed by atoms with Gasteiger partial charge in [0.05, 0.1) is 0 Å². The smallest absolute Gasteiger partial charge is 0.0159 e. The minimum absolute atomic E-state index is 0.383. The van der Waals surface area contributed by atoms with Crippen molar-refractivity contribution < 1.29 is 0 Å². The molecule has 1 atom stereocenters. The standard InChI is InChI=1S/C12H26N2/c1-10(2)14-7-6-11(9-13-5)8-12(14,3)4/h10-11,13H,6-9H2,1-5H3. The molecule has 1 N–H and O–H groups in total. The van der Waals surface area contributed by atoms with Crippen molar-refractivity contribution in [3.05, 3.63) is 0 Å². The molecule has 0 aromatic carbocycles. The van der Waals surface area contributed by atoms with E-state index in [1.54, 1.807) is 0 Å².